The molecule has 0 aliphatic carbocycles. The second-order valence-electron chi connectivity index (χ2n) is 5.95. The largest absolute Gasteiger partial charge is 0.389 e. The first-order chi connectivity index (χ1) is 9.49. The van der Waals surface area contributed by atoms with E-state index in [1.165, 1.54) is 24.9 Å². The number of anilines is 1. The number of thiocarbonyl (C=S) groups is 1. The van der Waals surface area contributed by atoms with Crippen molar-refractivity contribution in [3.8, 4) is 0 Å². The lowest BCUT2D eigenvalue weighted by Crippen LogP contribution is -2.27. The van der Waals surface area contributed by atoms with Gasteiger partial charge in [0.05, 0.1) is 0 Å². The van der Waals surface area contributed by atoms with E-state index >= 15 is 0 Å². The van der Waals surface area contributed by atoms with Crippen molar-refractivity contribution in [3.63, 3.8) is 0 Å². The smallest absolute Gasteiger partial charge is 0.106 e. The van der Waals surface area contributed by atoms with E-state index in [2.05, 4.69) is 46.8 Å². The molecule has 1 aliphatic rings. The number of rotatable bonds is 3. The van der Waals surface area contributed by atoms with Crippen LogP contribution in [0.15, 0.2) is 22.7 Å². The number of benzene rings is 1. The van der Waals surface area contributed by atoms with E-state index in [1.54, 1.807) is 0 Å². The van der Waals surface area contributed by atoms with Crippen molar-refractivity contribution in [3.05, 3.63) is 28.2 Å². The summed E-state index contributed by atoms with van der Waals surface area (Å²) in [6.07, 6.45) is 3.83. The maximum atomic E-state index is 5.89. The van der Waals surface area contributed by atoms with E-state index in [9.17, 15) is 0 Å². The van der Waals surface area contributed by atoms with E-state index in [4.69, 9.17) is 18.0 Å². The third-order valence-corrected chi connectivity index (χ3v) is 4.99. The zero-order valence-electron chi connectivity index (χ0n) is 12.2. The summed E-state index contributed by atoms with van der Waals surface area (Å²) in [5.41, 5.74) is 8.06. The number of nitrogens with zero attached hydrogens (tertiary/aromatic N) is 1. The normalized spacial score (nSPS) is 20.0. The first-order valence-corrected chi connectivity index (χ1v) is 8.53. The molecule has 2 N–H and O–H groups in total. The quantitative estimate of drug-likeness (QED) is 0.818. The fourth-order valence-corrected chi connectivity index (χ4v) is 3.54. The van der Waals surface area contributed by atoms with Crippen LogP contribution in [-0.4, -0.2) is 18.1 Å². The molecule has 0 amide bonds. The van der Waals surface area contributed by atoms with Gasteiger partial charge in [0, 0.05) is 28.8 Å². The summed E-state index contributed by atoms with van der Waals surface area (Å²) in [6, 6.07) is 6.23. The van der Waals surface area contributed by atoms with Gasteiger partial charge in [-0.1, -0.05) is 42.0 Å². The minimum Gasteiger partial charge on any atom is -0.389 e. The molecule has 0 spiro atoms. The van der Waals surface area contributed by atoms with E-state index in [1.807, 2.05) is 6.07 Å². The van der Waals surface area contributed by atoms with Crippen LogP contribution in [0, 0.1) is 11.8 Å². The Morgan fingerprint density at radius 2 is 2.10 bits per heavy atom. The summed E-state index contributed by atoms with van der Waals surface area (Å²) >= 11 is 8.71. The summed E-state index contributed by atoms with van der Waals surface area (Å²) in [4.78, 5) is 2.93. The van der Waals surface area contributed by atoms with Crippen LogP contribution in [0.25, 0.3) is 0 Å². The van der Waals surface area contributed by atoms with Crippen molar-refractivity contribution in [2.75, 3.05) is 18.0 Å². The molecule has 20 heavy (non-hydrogen) atoms. The lowest BCUT2D eigenvalue weighted by molar-refractivity contribution is 0.351. The van der Waals surface area contributed by atoms with E-state index < -0.39 is 0 Å². The number of nitrogens with two attached hydrogens (primary N) is 1. The third kappa shape index (κ3) is 3.73. The molecule has 0 radical (unpaired) electrons. The van der Waals surface area contributed by atoms with Crippen LogP contribution in [0.5, 0.6) is 0 Å². The minimum absolute atomic E-state index is 0.478. The average Bonchev–Trinajstić information content (AvgIpc) is 2.64. The summed E-state index contributed by atoms with van der Waals surface area (Å²) in [5, 5.41) is 0. The highest BCUT2D eigenvalue weighted by Crippen LogP contribution is 2.30. The molecule has 2 rings (SSSR count). The van der Waals surface area contributed by atoms with Crippen molar-refractivity contribution in [1.82, 2.24) is 0 Å². The molecule has 110 valence electrons. The summed E-state index contributed by atoms with van der Waals surface area (Å²) in [5.74, 6) is 1.61. The van der Waals surface area contributed by atoms with Crippen molar-refractivity contribution in [2.24, 2.45) is 17.6 Å². The van der Waals surface area contributed by atoms with Gasteiger partial charge in [-0.25, -0.2) is 0 Å². The summed E-state index contributed by atoms with van der Waals surface area (Å²) in [7, 11) is 0. The zero-order valence-corrected chi connectivity index (χ0v) is 14.6. The van der Waals surface area contributed by atoms with Crippen molar-refractivity contribution in [1.29, 1.82) is 0 Å². The lowest BCUT2D eigenvalue weighted by Gasteiger charge is -2.26. The molecule has 0 bridgehead atoms. The van der Waals surface area contributed by atoms with Crippen LogP contribution in [0.1, 0.15) is 38.7 Å². The average molecular weight is 355 g/mol. The summed E-state index contributed by atoms with van der Waals surface area (Å²) < 4.78 is 1.03. The highest BCUT2D eigenvalue weighted by Gasteiger charge is 2.21. The number of hydrogen-bond acceptors (Lipinski definition) is 2. The second kappa shape index (κ2) is 6.90. The fraction of sp³-hybridized carbons (Fsp3) is 0.562. The summed E-state index contributed by atoms with van der Waals surface area (Å²) in [6.45, 7) is 6.86. The van der Waals surface area contributed by atoms with Gasteiger partial charge < -0.3 is 10.6 Å². The topological polar surface area (TPSA) is 29.3 Å². The molecule has 1 saturated heterocycles. The minimum atomic E-state index is 0.478. The second-order valence-corrected chi connectivity index (χ2v) is 7.30. The van der Waals surface area contributed by atoms with Gasteiger partial charge in [0.2, 0.25) is 0 Å². The van der Waals surface area contributed by atoms with Crippen LogP contribution in [0.2, 0.25) is 0 Å². The van der Waals surface area contributed by atoms with Crippen molar-refractivity contribution in [2.45, 2.75) is 33.1 Å². The molecule has 1 aromatic rings. The van der Waals surface area contributed by atoms with E-state index in [0.29, 0.717) is 4.99 Å². The van der Waals surface area contributed by atoms with Crippen molar-refractivity contribution >= 4 is 38.8 Å². The Hall–Kier alpha value is -0.610. The van der Waals surface area contributed by atoms with Gasteiger partial charge in [-0.3, -0.25) is 0 Å². The molecule has 4 heteroatoms. The Bertz CT molecular complexity index is 487. The monoisotopic (exact) mass is 354 g/mol. The lowest BCUT2D eigenvalue weighted by atomic mass is 9.89. The molecule has 2 nitrogen and oxygen atoms in total. The van der Waals surface area contributed by atoms with Crippen LogP contribution < -0.4 is 10.6 Å². The maximum Gasteiger partial charge on any atom is 0.106 e. The van der Waals surface area contributed by atoms with Crippen LogP contribution in [-0.2, 0) is 0 Å². The van der Waals surface area contributed by atoms with Gasteiger partial charge in [0.15, 0.2) is 0 Å². The molecule has 1 atom stereocenters. The standard InChI is InChI=1S/C16H23BrN2S/c1-11(2)12-4-3-8-19(9-7-12)15-6-5-13(17)10-14(15)16(18)20/h5-6,10-12H,3-4,7-9H2,1-2H3,(H2,18,20). The Morgan fingerprint density at radius 3 is 2.75 bits per heavy atom. The highest BCUT2D eigenvalue weighted by atomic mass is 79.9. The first-order valence-electron chi connectivity index (χ1n) is 7.33. The predicted octanol–water partition coefficient (Wildman–Crippen LogP) is 4.35. The van der Waals surface area contributed by atoms with Crippen LogP contribution in [0.4, 0.5) is 5.69 Å². The van der Waals surface area contributed by atoms with Gasteiger partial charge in [-0.2, -0.15) is 0 Å². The molecular formula is C16H23BrN2S. The van der Waals surface area contributed by atoms with Gasteiger partial charge in [-0.05, 0) is 49.3 Å². The van der Waals surface area contributed by atoms with E-state index in [-0.39, 0.29) is 0 Å². The van der Waals surface area contributed by atoms with Crippen LogP contribution in [0.3, 0.4) is 0 Å². The molecule has 0 aromatic heterocycles. The predicted molar refractivity (Wildman–Crippen MR) is 94.4 cm³/mol. The zero-order chi connectivity index (χ0) is 14.7. The maximum absolute atomic E-state index is 5.89. The number of hydrogen-bond donors (Lipinski definition) is 1. The van der Waals surface area contributed by atoms with Gasteiger partial charge >= 0.3 is 0 Å². The molecule has 0 saturated carbocycles. The fourth-order valence-electron chi connectivity index (χ4n) is 3.01. The van der Waals surface area contributed by atoms with Crippen LogP contribution >= 0.6 is 28.1 Å². The van der Waals surface area contributed by atoms with Gasteiger partial charge in [-0.15, -0.1) is 0 Å². The van der Waals surface area contributed by atoms with Gasteiger partial charge in [0.1, 0.15) is 4.99 Å². The molecule has 1 aromatic carbocycles. The Kier molecular flexibility index (Phi) is 5.44. The molecule has 1 aliphatic heterocycles. The Balaban J connectivity index is 2.21. The molecule has 1 unspecified atom stereocenters. The number of halogens is 1. The molecule has 1 fully saturated rings. The SMILES string of the molecule is CC(C)C1CCCN(c2ccc(Br)cc2C(N)=S)CC1. The van der Waals surface area contributed by atoms with Gasteiger partial charge in [0.25, 0.3) is 0 Å². The molecular weight excluding hydrogens is 332 g/mol. The molecule has 1 heterocycles. The Morgan fingerprint density at radius 1 is 1.35 bits per heavy atom. The van der Waals surface area contributed by atoms with Crippen molar-refractivity contribution < 1.29 is 0 Å². The third-order valence-electron chi connectivity index (χ3n) is 4.28. The Labute approximate surface area is 135 Å². The first kappa shape index (κ1) is 15.8. The van der Waals surface area contributed by atoms with E-state index in [0.717, 1.165) is 35.0 Å². The highest BCUT2D eigenvalue weighted by molar-refractivity contribution is 9.10.